The third kappa shape index (κ3) is 6.72. The first-order chi connectivity index (χ1) is 17.4. The number of alkyl halides is 3. The summed E-state index contributed by atoms with van der Waals surface area (Å²) in [6.45, 7) is 3.89. The second-order valence-electron chi connectivity index (χ2n) is 9.04. The van der Waals surface area contributed by atoms with Crippen molar-refractivity contribution in [2.75, 3.05) is 11.4 Å². The average Bonchev–Trinajstić information content (AvgIpc) is 3.25. The Morgan fingerprint density at radius 1 is 1.03 bits per heavy atom. The summed E-state index contributed by atoms with van der Waals surface area (Å²) in [7, 11) is 0. The van der Waals surface area contributed by atoms with E-state index < -0.39 is 23.3 Å². The molecule has 5 nitrogen and oxygen atoms in total. The van der Waals surface area contributed by atoms with Gasteiger partial charge in [-0.05, 0) is 73.9 Å². The number of carbonyl (C=O) groups is 1. The number of carboxylic acids is 1. The van der Waals surface area contributed by atoms with Crippen LogP contribution in [-0.2, 0) is 23.9 Å². The number of anilines is 1. The molecule has 1 N–H and O–H groups in total. The fourth-order valence-corrected chi connectivity index (χ4v) is 4.88. The van der Waals surface area contributed by atoms with Crippen LogP contribution in [0.15, 0.2) is 66.7 Å². The monoisotopic (exact) mass is 548 g/mol. The molecule has 0 radical (unpaired) electrons. The molecule has 4 rings (SSSR count). The highest BCUT2D eigenvalue weighted by atomic mass is 35.5. The third-order valence-electron chi connectivity index (χ3n) is 5.75. The minimum absolute atomic E-state index is 0.375. The summed E-state index contributed by atoms with van der Waals surface area (Å²) in [6, 6.07) is 17.8. The van der Waals surface area contributed by atoms with Crippen molar-refractivity contribution in [2.45, 2.75) is 38.6 Å². The molecule has 1 heterocycles. The number of aliphatic carboxylic acids is 1. The summed E-state index contributed by atoms with van der Waals surface area (Å²) >= 11 is 7.60. The molecule has 4 aromatic rings. The molecular weight excluding hydrogens is 525 g/mol. The zero-order chi connectivity index (χ0) is 26.8. The molecule has 37 heavy (non-hydrogen) atoms. The molecule has 0 saturated heterocycles. The van der Waals surface area contributed by atoms with Gasteiger partial charge < -0.3 is 14.7 Å². The molecule has 1 aromatic heterocycles. The van der Waals surface area contributed by atoms with Crippen molar-refractivity contribution in [3.63, 3.8) is 0 Å². The zero-order valence-electron chi connectivity index (χ0n) is 20.1. The van der Waals surface area contributed by atoms with Gasteiger partial charge in [0.15, 0.2) is 10.7 Å². The van der Waals surface area contributed by atoms with Crippen molar-refractivity contribution >= 4 is 44.3 Å². The minimum Gasteiger partial charge on any atom is -0.478 e. The molecule has 0 spiro atoms. The highest BCUT2D eigenvalue weighted by molar-refractivity contribution is 7.22. The fourth-order valence-electron chi connectivity index (χ4n) is 3.61. The number of carboxylic acid groups (broad SMARTS) is 1. The number of ether oxygens (including phenoxy) is 1. The van der Waals surface area contributed by atoms with Crippen molar-refractivity contribution in [2.24, 2.45) is 0 Å². The highest BCUT2D eigenvalue weighted by Gasteiger charge is 2.30. The largest absolute Gasteiger partial charge is 0.478 e. The lowest BCUT2D eigenvalue weighted by Crippen LogP contribution is -2.37. The number of benzene rings is 3. The summed E-state index contributed by atoms with van der Waals surface area (Å²) in [5.74, 6) is -0.617. The van der Waals surface area contributed by atoms with E-state index in [1.165, 1.54) is 37.3 Å². The summed E-state index contributed by atoms with van der Waals surface area (Å²) in [6.07, 6.45) is -3.76. The normalized spacial score (nSPS) is 12.1. The first-order valence-corrected chi connectivity index (χ1v) is 12.6. The molecule has 3 aromatic carbocycles. The van der Waals surface area contributed by atoms with Gasteiger partial charge in [0.2, 0.25) is 0 Å². The van der Waals surface area contributed by atoms with Gasteiger partial charge in [-0.2, -0.15) is 13.2 Å². The Bertz CT molecular complexity index is 1390. The molecule has 0 saturated carbocycles. The van der Waals surface area contributed by atoms with Crippen LogP contribution in [0.3, 0.4) is 0 Å². The van der Waals surface area contributed by atoms with E-state index >= 15 is 0 Å². The molecule has 0 aliphatic carbocycles. The summed E-state index contributed by atoms with van der Waals surface area (Å²) in [5.41, 5.74) is 0.470. The highest BCUT2D eigenvalue weighted by Crippen LogP contribution is 2.33. The van der Waals surface area contributed by atoms with Gasteiger partial charge in [-0.3, -0.25) is 0 Å². The maximum absolute atomic E-state index is 13.0. The van der Waals surface area contributed by atoms with E-state index in [2.05, 4.69) is 0 Å². The molecule has 0 amide bonds. The zero-order valence-corrected chi connectivity index (χ0v) is 21.6. The van der Waals surface area contributed by atoms with Crippen LogP contribution in [0, 0.1) is 0 Å². The number of aromatic nitrogens is 1. The molecule has 0 bridgehead atoms. The Morgan fingerprint density at radius 3 is 2.30 bits per heavy atom. The summed E-state index contributed by atoms with van der Waals surface area (Å²) < 4.78 is 45.5. The van der Waals surface area contributed by atoms with E-state index in [9.17, 15) is 23.1 Å². The van der Waals surface area contributed by atoms with Gasteiger partial charge in [0.1, 0.15) is 5.75 Å². The summed E-state index contributed by atoms with van der Waals surface area (Å²) in [4.78, 5) is 18.1. The van der Waals surface area contributed by atoms with Crippen molar-refractivity contribution in [1.82, 2.24) is 4.98 Å². The molecule has 0 aliphatic rings. The third-order valence-corrected chi connectivity index (χ3v) is 7.06. The number of thiazole rings is 1. The van der Waals surface area contributed by atoms with Gasteiger partial charge >= 0.3 is 12.1 Å². The smallest absolute Gasteiger partial charge is 0.416 e. The standard InChI is InChI=1S/C27H24ClF3N2O3S/c1-26(2,24(34)35)36-21-10-5-17(6-11-21)13-14-33(16-18-3-7-19(8-4-18)27(29,30)31)25-32-22-12-9-20(28)15-23(22)37-25/h3-12,15H,13-14,16H2,1-2H3,(H,34,35). The Hall–Kier alpha value is -3.30. The van der Waals surface area contributed by atoms with E-state index in [1.54, 1.807) is 18.2 Å². The number of halogens is 4. The minimum atomic E-state index is -4.39. The van der Waals surface area contributed by atoms with Gasteiger partial charge in [0, 0.05) is 18.1 Å². The van der Waals surface area contributed by atoms with Gasteiger partial charge in [-0.25, -0.2) is 9.78 Å². The maximum Gasteiger partial charge on any atom is 0.416 e. The lowest BCUT2D eigenvalue weighted by Gasteiger charge is -2.23. The molecule has 194 valence electrons. The SMILES string of the molecule is CC(C)(Oc1ccc(CCN(Cc2ccc(C(F)(F)F)cc2)c2nc3ccc(Cl)cc3s2)cc1)C(=O)O. The number of hydrogen-bond acceptors (Lipinski definition) is 5. The first-order valence-electron chi connectivity index (χ1n) is 11.4. The maximum atomic E-state index is 13.0. The van der Waals surface area contributed by atoms with Gasteiger partial charge in [-0.15, -0.1) is 0 Å². The molecule has 0 atom stereocenters. The van der Waals surface area contributed by atoms with Crippen LogP contribution in [0.25, 0.3) is 10.2 Å². The second-order valence-corrected chi connectivity index (χ2v) is 10.5. The fraction of sp³-hybridized carbons (Fsp3) is 0.259. The van der Waals surface area contributed by atoms with Gasteiger partial charge in [0.05, 0.1) is 15.8 Å². The topological polar surface area (TPSA) is 62.7 Å². The molecule has 0 unspecified atom stereocenters. The molecular formula is C27H24ClF3N2O3S. The average molecular weight is 549 g/mol. The van der Waals surface area contributed by atoms with Crippen LogP contribution in [-0.4, -0.2) is 28.2 Å². The van der Waals surface area contributed by atoms with E-state index in [-0.39, 0.29) is 0 Å². The predicted octanol–water partition coefficient (Wildman–Crippen LogP) is 7.46. The van der Waals surface area contributed by atoms with Crippen LogP contribution in [0.1, 0.15) is 30.5 Å². The van der Waals surface area contributed by atoms with Crippen LogP contribution < -0.4 is 9.64 Å². The van der Waals surface area contributed by atoms with Crippen LogP contribution in [0.2, 0.25) is 5.02 Å². The lowest BCUT2D eigenvalue weighted by atomic mass is 10.1. The first kappa shape index (κ1) is 26.8. The van der Waals surface area contributed by atoms with Crippen molar-refractivity contribution in [3.8, 4) is 5.75 Å². The van der Waals surface area contributed by atoms with Gasteiger partial charge in [-0.1, -0.05) is 47.2 Å². The second kappa shape index (κ2) is 10.6. The number of nitrogens with zero attached hydrogens (tertiary/aromatic N) is 2. The van der Waals surface area contributed by atoms with E-state index in [0.717, 1.165) is 38.6 Å². The Morgan fingerprint density at radius 2 is 1.68 bits per heavy atom. The predicted molar refractivity (Wildman–Crippen MR) is 140 cm³/mol. The molecule has 0 aliphatic heterocycles. The van der Waals surface area contributed by atoms with Crippen molar-refractivity contribution in [3.05, 3.63) is 88.4 Å². The van der Waals surface area contributed by atoms with Crippen LogP contribution in [0.4, 0.5) is 18.3 Å². The van der Waals surface area contributed by atoms with E-state index in [0.29, 0.717) is 30.3 Å². The summed E-state index contributed by atoms with van der Waals surface area (Å²) in [5, 5.41) is 10.6. The van der Waals surface area contributed by atoms with E-state index in [1.807, 2.05) is 29.2 Å². The van der Waals surface area contributed by atoms with Gasteiger partial charge in [0.25, 0.3) is 0 Å². The van der Waals surface area contributed by atoms with Crippen molar-refractivity contribution < 1.29 is 27.8 Å². The van der Waals surface area contributed by atoms with Crippen molar-refractivity contribution in [1.29, 1.82) is 0 Å². The molecule has 10 heteroatoms. The Kier molecular flexibility index (Phi) is 7.66. The molecule has 0 fully saturated rings. The quantitative estimate of drug-likeness (QED) is 0.235. The van der Waals surface area contributed by atoms with Crippen LogP contribution >= 0.6 is 22.9 Å². The van der Waals surface area contributed by atoms with Crippen LogP contribution in [0.5, 0.6) is 5.75 Å². The lowest BCUT2D eigenvalue weighted by molar-refractivity contribution is -0.152. The number of hydrogen-bond donors (Lipinski definition) is 1. The Balaban J connectivity index is 1.53. The van der Waals surface area contributed by atoms with E-state index in [4.69, 9.17) is 21.3 Å². The number of rotatable bonds is 9. The Labute approximate surface area is 221 Å². The number of fused-ring (bicyclic) bond motifs is 1.